The number of hydrogen-bond donors (Lipinski definition) is 1. The molecule has 0 radical (unpaired) electrons. The SMILES string of the molecule is COc1cccc2c1CC[C@H]1NC(=O)CO[C@H]21. The fourth-order valence-electron chi connectivity index (χ4n) is 2.74. The fraction of sp³-hybridized carbons (Fsp3) is 0.462. The van der Waals surface area contributed by atoms with Crippen LogP contribution in [0, 0.1) is 0 Å². The Morgan fingerprint density at radius 1 is 1.47 bits per heavy atom. The molecule has 1 aliphatic carbocycles. The Morgan fingerprint density at radius 3 is 3.18 bits per heavy atom. The summed E-state index contributed by atoms with van der Waals surface area (Å²) >= 11 is 0. The first kappa shape index (κ1) is 10.6. The smallest absolute Gasteiger partial charge is 0.246 e. The van der Waals surface area contributed by atoms with Crippen molar-refractivity contribution in [2.45, 2.75) is 25.0 Å². The van der Waals surface area contributed by atoms with Crippen molar-refractivity contribution in [1.82, 2.24) is 5.32 Å². The summed E-state index contributed by atoms with van der Waals surface area (Å²) in [5, 5.41) is 2.99. The molecule has 2 aliphatic rings. The lowest BCUT2D eigenvalue weighted by atomic mass is 9.84. The normalized spacial score (nSPS) is 26.8. The highest BCUT2D eigenvalue weighted by Crippen LogP contribution is 2.38. The maximum Gasteiger partial charge on any atom is 0.246 e. The molecule has 1 saturated heterocycles. The van der Waals surface area contributed by atoms with Gasteiger partial charge in [0.05, 0.1) is 13.2 Å². The summed E-state index contributed by atoms with van der Waals surface area (Å²) in [5.41, 5.74) is 2.37. The third-order valence-corrected chi connectivity index (χ3v) is 3.51. The third kappa shape index (κ3) is 1.69. The van der Waals surface area contributed by atoms with Gasteiger partial charge in [-0.2, -0.15) is 0 Å². The Balaban J connectivity index is 1.99. The van der Waals surface area contributed by atoms with Crippen LogP contribution in [-0.4, -0.2) is 25.7 Å². The van der Waals surface area contributed by atoms with Crippen LogP contribution in [0.5, 0.6) is 5.75 Å². The van der Waals surface area contributed by atoms with E-state index in [1.54, 1.807) is 7.11 Å². The van der Waals surface area contributed by atoms with Gasteiger partial charge in [0.25, 0.3) is 0 Å². The maximum absolute atomic E-state index is 11.3. The second-order valence-electron chi connectivity index (χ2n) is 4.47. The summed E-state index contributed by atoms with van der Waals surface area (Å²) in [6.45, 7) is 0.151. The molecule has 2 atom stereocenters. The molecule has 4 heteroatoms. The van der Waals surface area contributed by atoms with E-state index in [1.165, 1.54) is 5.56 Å². The fourth-order valence-corrected chi connectivity index (χ4v) is 2.74. The van der Waals surface area contributed by atoms with Gasteiger partial charge >= 0.3 is 0 Å². The minimum Gasteiger partial charge on any atom is -0.496 e. The van der Waals surface area contributed by atoms with E-state index in [-0.39, 0.29) is 24.7 Å². The first-order chi connectivity index (χ1) is 8.29. The highest BCUT2D eigenvalue weighted by atomic mass is 16.5. The van der Waals surface area contributed by atoms with Gasteiger partial charge in [0.1, 0.15) is 18.5 Å². The molecule has 1 heterocycles. The zero-order chi connectivity index (χ0) is 11.8. The molecular formula is C13H15NO3. The number of fused-ring (bicyclic) bond motifs is 3. The predicted octanol–water partition coefficient (Wildman–Crippen LogP) is 1.20. The largest absolute Gasteiger partial charge is 0.496 e. The third-order valence-electron chi connectivity index (χ3n) is 3.51. The lowest BCUT2D eigenvalue weighted by Crippen LogP contribution is -2.49. The summed E-state index contributed by atoms with van der Waals surface area (Å²) in [7, 11) is 1.69. The number of rotatable bonds is 1. The number of nitrogens with one attached hydrogen (secondary N) is 1. The number of benzene rings is 1. The van der Waals surface area contributed by atoms with Crippen molar-refractivity contribution in [3.63, 3.8) is 0 Å². The molecule has 0 unspecified atom stereocenters. The first-order valence-corrected chi connectivity index (χ1v) is 5.86. The van der Waals surface area contributed by atoms with Crippen molar-refractivity contribution in [2.75, 3.05) is 13.7 Å². The molecule has 0 spiro atoms. The number of hydrogen-bond acceptors (Lipinski definition) is 3. The number of carbonyl (C=O) groups excluding carboxylic acids is 1. The molecule has 1 amide bonds. The zero-order valence-corrected chi connectivity index (χ0v) is 9.73. The van der Waals surface area contributed by atoms with Gasteiger partial charge < -0.3 is 14.8 Å². The number of methoxy groups -OCH3 is 1. The Bertz CT molecular complexity index is 458. The molecule has 0 saturated carbocycles. The lowest BCUT2D eigenvalue weighted by Gasteiger charge is -2.37. The van der Waals surface area contributed by atoms with Crippen molar-refractivity contribution < 1.29 is 14.3 Å². The van der Waals surface area contributed by atoms with Crippen LogP contribution in [0.25, 0.3) is 0 Å². The molecule has 1 aromatic carbocycles. The van der Waals surface area contributed by atoms with Gasteiger partial charge in [-0.15, -0.1) is 0 Å². The molecule has 1 N–H and O–H groups in total. The van der Waals surface area contributed by atoms with Crippen LogP contribution in [0.4, 0.5) is 0 Å². The summed E-state index contributed by atoms with van der Waals surface area (Å²) < 4.78 is 11.0. The van der Waals surface area contributed by atoms with E-state index in [0.29, 0.717) is 0 Å². The lowest BCUT2D eigenvalue weighted by molar-refractivity contribution is -0.137. The number of amides is 1. The second kappa shape index (κ2) is 4.04. The molecule has 1 aliphatic heterocycles. The highest BCUT2D eigenvalue weighted by molar-refractivity contribution is 5.78. The summed E-state index contributed by atoms with van der Waals surface area (Å²) in [6.07, 6.45) is 1.81. The van der Waals surface area contributed by atoms with Crippen LogP contribution >= 0.6 is 0 Å². The average molecular weight is 233 g/mol. The average Bonchev–Trinajstić information content (AvgIpc) is 2.37. The standard InChI is InChI=1S/C13H15NO3/c1-16-11-4-2-3-9-8(11)5-6-10-13(9)17-7-12(15)14-10/h2-4,10,13H,5-7H2,1H3,(H,14,15)/t10-,13-/m1/s1. The van der Waals surface area contributed by atoms with Crippen molar-refractivity contribution in [3.8, 4) is 5.75 Å². The van der Waals surface area contributed by atoms with Gasteiger partial charge in [-0.3, -0.25) is 4.79 Å². The number of ether oxygens (including phenoxy) is 2. The van der Waals surface area contributed by atoms with E-state index in [9.17, 15) is 4.79 Å². The Kier molecular flexibility index (Phi) is 2.52. The molecule has 4 nitrogen and oxygen atoms in total. The van der Waals surface area contributed by atoms with E-state index >= 15 is 0 Å². The Labute approximate surface area is 99.9 Å². The minimum absolute atomic E-state index is 0.0161. The quantitative estimate of drug-likeness (QED) is 0.792. The van der Waals surface area contributed by atoms with Gasteiger partial charge in [0.2, 0.25) is 5.91 Å². The summed E-state index contributed by atoms with van der Waals surface area (Å²) in [4.78, 5) is 11.3. The monoisotopic (exact) mass is 233 g/mol. The number of carbonyl (C=O) groups is 1. The molecule has 0 aromatic heterocycles. The topological polar surface area (TPSA) is 47.6 Å². The van der Waals surface area contributed by atoms with E-state index in [1.807, 2.05) is 12.1 Å². The van der Waals surface area contributed by atoms with Crippen molar-refractivity contribution in [3.05, 3.63) is 29.3 Å². The van der Waals surface area contributed by atoms with E-state index < -0.39 is 0 Å². The van der Waals surface area contributed by atoms with Gasteiger partial charge in [-0.1, -0.05) is 12.1 Å². The molecular weight excluding hydrogens is 218 g/mol. The van der Waals surface area contributed by atoms with Crippen LogP contribution in [0.3, 0.4) is 0 Å². The molecule has 1 aromatic rings. The minimum atomic E-state index is -0.0217. The van der Waals surface area contributed by atoms with Gasteiger partial charge in [0.15, 0.2) is 0 Å². The Morgan fingerprint density at radius 2 is 2.35 bits per heavy atom. The molecule has 0 bridgehead atoms. The first-order valence-electron chi connectivity index (χ1n) is 5.86. The van der Waals surface area contributed by atoms with Crippen LogP contribution in [0.15, 0.2) is 18.2 Å². The van der Waals surface area contributed by atoms with Crippen LogP contribution in [0.1, 0.15) is 23.7 Å². The van der Waals surface area contributed by atoms with Crippen LogP contribution in [-0.2, 0) is 16.0 Å². The van der Waals surface area contributed by atoms with E-state index in [2.05, 4.69) is 11.4 Å². The number of morpholine rings is 1. The summed E-state index contributed by atoms with van der Waals surface area (Å²) in [5.74, 6) is 0.902. The summed E-state index contributed by atoms with van der Waals surface area (Å²) in [6, 6.07) is 6.11. The maximum atomic E-state index is 11.3. The van der Waals surface area contributed by atoms with Gasteiger partial charge in [-0.25, -0.2) is 0 Å². The van der Waals surface area contributed by atoms with Gasteiger partial charge in [-0.05, 0) is 24.5 Å². The van der Waals surface area contributed by atoms with E-state index in [4.69, 9.17) is 9.47 Å². The molecule has 90 valence electrons. The zero-order valence-electron chi connectivity index (χ0n) is 9.73. The van der Waals surface area contributed by atoms with Crippen molar-refractivity contribution in [2.24, 2.45) is 0 Å². The molecule has 17 heavy (non-hydrogen) atoms. The Hall–Kier alpha value is -1.55. The highest BCUT2D eigenvalue weighted by Gasteiger charge is 2.36. The van der Waals surface area contributed by atoms with Crippen LogP contribution in [0.2, 0.25) is 0 Å². The van der Waals surface area contributed by atoms with Crippen molar-refractivity contribution >= 4 is 5.91 Å². The van der Waals surface area contributed by atoms with Crippen molar-refractivity contribution in [1.29, 1.82) is 0 Å². The predicted molar refractivity (Wildman–Crippen MR) is 61.9 cm³/mol. The molecule has 1 fully saturated rings. The molecule has 3 rings (SSSR count). The second-order valence-corrected chi connectivity index (χ2v) is 4.47. The van der Waals surface area contributed by atoms with E-state index in [0.717, 1.165) is 24.2 Å². The van der Waals surface area contributed by atoms with Crippen LogP contribution < -0.4 is 10.1 Å². The van der Waals surface area contributed by atoms with Gasteiger partial charge in [0, 0.05) is 5.56 Å².